The Hall–Kier alpha value is -2.80. The number of rotatable bonds is 5. The van der Waals surface area contributed by atoms with Gasteiger partial charge in [0.2, 0.25) is 5.91 Å². The zero-order valence-corrected chi connectivity index (χ0v) is 14.1. The molecule has 0 aliphatic rings. The number of carbonyl (C=O) groups excluding carboxylic acids is 2. The fourth-order valence-electron chi connectivity index (χ4n) is 1.95. The fourth-order valence-corrected chi connectivity index (χ4v) is 2.08. The van der Waals surface area contributed by atoms with Crippen molar-refractivity contribution in [2.24, 2.45) is 0 Å². The lowest BCUT2D eigenvalue weighted by molar-refractivity contribution is -0.167. The summed E-state index contributed by atoms with van der Waals surface area (Å²) in [6, 6.07) is 12.7. The highest BCUT2D eigenvalue weighted by atomic mass is 35.5. The zero-order chi connectivity index (χ0) is 19.2. The van der Waals surface area contributed by atoms with Gasteiger partial charge in [0, 0.05) is 23.3 Å². The van der Waals surface area contributed by atoms with Gasteiger partial charge in [-0.15, -0.1) is 0 Å². The van der Waals surface area contributed by atoms with E-state index in [2.05, 4.69) is 5.32 Å². The molecule has 2 aromatic carbocycles. The van der Waals surface area contributed by atoms with Crippen molar-refractivity contribution < 1.29 is 22.8 Å². The fraction of sp³-hybridized carbons (Fsp3) is 0.111. The van der Waals surface area contributed by atoms with Crippen molar-refractivity contribution in [3.8, 4) is 0 Å². The number of hydrogen-bond acceptors (Lipinski definition) is 2. The molecule has 0 heterocycles. The Balaban J connectivity index is 1.90. The molecule has 0 saturated carbocycles. The van der Waals surface area contributed by atoms with Crippen molar-refractivity contribution in [1.29, 1.82) is 0 Å². The molecular weight excluding hydrogens is 369 g/mol. The minimum absolute atomic E-state index is 0.00391. The summed E-state index contributed by atoms with van der Waals surface area (Å²) >= 11 is 5.77. The van der Waals surface area contributed by atoms with Crippen LogP contribution < -0.4 is 10.6 Å². The van der Waals surface area contributed by atoms with Crippen molar-refractivity contribution in [2.45, 2.75) is 12.7 Å². The summed E-state index contributed by atoms with van der Waals surface area (Å²) in [6.07, 6.45) is -2.03. The molecule has 2 N–H and O–H groups in total. The summed E-state index contributed by atoms with van der Waals surface area (Å²) < 4.78 is 36.8. The van der Waals surface area contributed by atoms with Crippen LogP contribution in [0.3, 0.4) is 0 Å². The van der Waals surface area contributed by atoms with Crippen LogP contribution >= 0.6 is 11.6 Å². The first-order chi connectivity index (χ1) is 12.2. The van der Waals surface area contributed by atoms with Gasteiger partial charge in [0.05, 0.1) is 0 Å². The standard InChI is InChI=1S/C18H14ClF3N2O2/c19-14-7-4-12(5-8-14)6-9-16(25)23-11-13-2-1-3-15(10-13)24-17(26)18(20,21)22/h1-10H,11H2,(H,23,25)(H,24,26)/b9-6+. The lowest BCUT2D eigenvalue weighted by atomic mass is 10.2. The first kappa shape index (κ1) is 19.5. The number of alkyl halides is 3. The van der Waals surface area contributed by atoms with E-state index in [-0.39, 0.29) is 18.1 Å². The Morgan fingerprint density at radius 2 is 1.77 bits per heavy atom. The van der Waals surface area contributed by atoms with Gasteiger partial charge in [0.15, 0.2) is 0 Å². The molecular formula is C18H14ClF3N2O2. The maximum atomic E-state index is 12.3. The topological polar surface area (TPSA) is 58.2 Å². The van der Waals surface area contributed by atoms with Crippen LogP contribution in [0.5, 0.6) is 0 Å². The van der Waals surface area contributed by atoms with Gasteiger partial charge in [-0.25, -0.2) is 0 Å². The zero-order valence-electron chi connectivity index (χ0n) is 13.3. The highest BCUT2D eigenvalue weighted by Crippen LogP contribution is 2.19. The molecule has 0 fully saturated rings. The monoisotopic (exact) mass is 382 g/mol. The van der Waals surface area contributed by atoms with Crippen molar-refractivity contribution in [2.75, 3.05) is 5.32 Å². The number of nitrogens with one attached hydrogen (secondary N) is 2. The van der Waals surface area contributed by atoms with Crippen molar-refractivity contribution in [3.63, 3.8) is 0 Å². The number of anilines is 1. The van der Waals surface area contributed by atoms with E-state index in [0.717, 1.165) is 5.56 Å². The predicted molar refractivity (Wildman–Crippen MR) is 93.5 cm³/mol. The van der Waals surface area contributed by atoms with Crippen molar-refractivity contribution in [3.05, 3.63) is 70.8 Å². The Bertz CT molecular complexity index is 818. The molecule has 4 nitrogen and oxygen atoms in total. The summed E-state index contributed by atoms with van der Waals surface area (Å²) in [5, 5.41) is 4.95. The molecule has 0 bridgehead atoms. The van der Waals surface area contributed by atoms with Gasteiger partial charge in [-0.2, -0.15) is 13.2 Å². The van der Waals surface area contributed by atoms with Crippen LogP contribution in [0, 0.1) is 0 Å². The lowest BCUT2D eigenvalue weighted by Gasteiger charge is -2.09. The molecule has 0 spiro atoms. The number of hydrogen-bond donors (Lipinski definition) is 2. The average Bonchev–Trinajstić information content (AvgIpc) is 2.59. The molecule has 2 rings (SSSR count). The minimum Gasteiger partial charge on any atom is -0.348 e. The van der Waals surface area contributed by atoms with Gasteiger partial charge >= 0.3 is 12.1 Å². The molecule has 0 unspecified atom stereocenters. The van der Waals surface area contributed by atoms with Gasteiger partial charge in [-0.3, -0.25) is 9.59 Å². The third-order valence-corrected chi connectivity index (χ3v) is 3.46. The summed E-state index contributed by atoms with van der Waals surface area (Å²) in [5.41, 5.74) is 1.33. The van der Waals surface area contributed by atoms with Gasteiger partial charge in [0.1, 0.15) is 0 Å². The number of halogens is 4. The van der Waals surface area contributed by atoms with E-state index in [1.807, 2.05) is 0 Å². The van der Waals surface area contributed by atoms with Gasteiger partial charge in [0.25, 0.3) is 0 Å². The molecule has 0 atom stereocenters. The smallest absolute Gasteiger partial charge is 0.348 e. The molecule has 2 amide bonds. The quantitative estimate of drug-likeness (QED) is 0.762. The highest BCUT2D eigenvalue weighted by molar-refractivity contribution is 6.30. The maximum Gasteiger partial charge on any atom is 0.471 e. The van der Waals surface area contributed by atoms with Gasteiger partial charge in [-0.05, 0) is 41.5 Å². The first-order valence-corrected chi connectivity index (χ1v) is 7.80. The summed E-state index contributed by atoms with van der Waals surface area (Å²) in [6.45, 7) is 0.0967. The normalized spacial score (nSPS) is 11.4. The number of carbonyl (C=O) groups is 2. The van der Waals surface area contributed by atoms with Crippen LogP contribution in [0.2, 0.25) is 5.02 Å². The predicted octanol–water partition coefficient (Wildman–Crippen LogP) is 4.17. The van der Waals surface area contributed by atoms with Crippen LogP contribution in [0.1, 0.15) is 11.1 Å². The summed E-state index contributed by atoms with van der Waals surface area (Å²) in [7, 11) is 0. The second-order valence-corrected chi connectivity index (χ2v) is 5.69. The average molecular weight is 383 g/mol. The molecule has 0 aliphatic carbocycles. The molecule has 0 saturated heterocycles. The molecule has 0 aliphatic heterocycles. The first-order valence-electron chi connectivity index (χ1n) is 7.42. The molecule has 2 aromatic rings. The highest BCUT2D eigenvalue weighted by Gasteiger charge is 2.38. The Labute approximate surface area is 152 Å². The second-order valence-electron chi connectivity index (χ2n) is 5.25. The number of benzene rings is 2. The largest absolute Gasteiger partial charge is 0.471 e. The van der Waals surface area contributed by atoms with Crippen LogP contribution in [-0.4, -0.2) is 18.0 Å². The molecule has 136 valence electrons. The van der Waals surface area contributed by atoms with Gasteiger partial charge in [-0.1, -0.05) is 35.9 Å². The van der Waals surface area contributed by atoms with Crippen LogP contribution in [-0.2, 0) is 16.1 Å². The minimum atomic E-state index is -4.96. The molecule has 26 heavy (non-hydrogen) atoms. The third kappa shape index (κ3) is 6.25. The SMILES string of the molecule is O=C(/C=C/c1ccc(Cl)cc1)NCc1cccc(NC(=O)C(F)(F)F)c1. The third-order valence-electron chi connectivity index (χ3n) is 3.21. The van der Waals surface area contributed by atoms with Crippen molar-refractivity contribution in [1.82, 2.24) is 5.32 Å². The van der Waals surface area contributed by atoms with E-state index in [4.69, 9.17) is 11.6 Å². The van der Waals surface area contributed by atoms with E-state index >= 15 is 0 Å². The van der Waals surface area contributed by atoms with E-state index in [9.17, 15) is 22.8 Å². The van der Waals surface area contributed by atoms with E-state index in [1.54, 1.807) is 41.7 Å². The summed E-state index contributed by atoms with van der Waals surface area (Å²) in [4.78, 5) is 22.7. The lowest BCUT2D eigenvalue weighted by Crippen LogP contribution is -2.30. The van der Waals surface area contributed by atoms with Crippen LogP contribution in [0.15, 0.2) is 54.6 Å². The van der Waals surface area contributed by atoms with Crippen molar-refractivity contribution >= 4 is 35.2 Å². The van der Waals surface area contributed by atoms with Crippen LogP contribution in [0.4, 0.5) is 18.9 Å². The maximum absolute atomic E-state index is 12.3. The van der Waals surface area contributed by atoms with E-state index in [1.165, 1.54) is 24.3 Å². The Morgan fingerprint density at radius 1 is 1.08 bits per heavy atom. The Morgan fingerprint density at radius 3 is 2.42 bits per heavy atom. The summed E-state index contributed by atoms with van der Waals surface area (Å²) in [5.74, 6) is -2.42. The Kier molecular flexibility index (Phi) is 6.41. The van der Waals surface area contributed by atoms with Crippen LogP contribution in [0.25, 0.3) is 6.08 Å². The molecule has 8 heteroatoms. The molecule has 0 radical (unpaired) electrons. The van der Waals surface area contributed by atoms with Gasteiger partial charge < -0.3 is 10.6 Å². The van der Waals surface area contributed by atoms with E-state index in [0.29, 0.717) is 10.6 Å². The molecule has 0 aromatic heterocycles. The number of amides is 2. The van der Waals surface area contributed by atoms with E-state index < -0.39 is 12.1 Å². The second kappa shape index (κ2) is 8.53.